The van der Waals surface area contributed by atoms with Crippen molar-refractivity contribution in [3.05, 3.63) is 0 Å². The van der Waals surface area contributed by atoms with E-state index >= 15 is 0 Å². The molecule has 0 aromatic heterocycles. The fraction of sp³-hybridized carbons (Fsp3) is 1.00. The van der Waals surface area contributed by atoms with Gasteiger partial charge in [-0.2, -0.15) is 0 Å². The second-order valence-corrected chi connectivity index (χ2v) is 80.4. The molecule has 3 aliphatic rings. The predicted octanol–water partition coefficient (Wildman–Crippen LogP) is 12.5. The number of hydrogen-bond donors (Lipinski definition) is 0. The summed E-state index contributed by atoms with van der Waals surface area (Å²) in [5, 5.41) is 0. The highest BCUT2D eigenvalue weighted by Gasteiger charge is 2.97. The van der Waals surface area contributed by atoms with E-state index in [2.05, 4.69) is 157 Å². The lowest BCUT2D eigenvalue weighted by Crippen LogP contribution is -2.95. The van der Waals surface area contributed by atoms with E-state index < -0.39 is 81.7 Å². The molecule has 3 rings (SSSR count). The zero-order valence-corrected chi connectivity index (χ0v) is 44.6. The maximum absolute atomic E-state index is 9.25. The Balaban J connectivity index is 2.72. The Bertz CT molecular complexity index is 891. The quantitative estimate of drug-likeness (QED) is 0.229. The molecule has 0 aliphatic carbocycles. The van der Waals surface area contributed by atoms with E-state index in [1.165, 1.54) is 25.7 Å². The van der Waals surface area contributed by atoms with Gasteiger partial charge in [-0.3, -0.25) is 0 Å². The van der Waals surface area contributed by atoms with Gasteiger partial charge in [0.1, 0.15) is 0 Å². The summed E-state index contributed by atoms with van der Waals surface area (Å²) in [7, 11) is -19.2. The molecule has 3 fully saturated rings. The predicted molar refractivity (Wildman–Crippen MR) is 230 cm³/mol. The standard InChI is InChI=1S/C32H80O2Si10/c1-35(2,3)29(36(4,5)6)25-26-30(37(7,8)9,38(10,11)12)43(29)33-44(34-43)31(39(13,14)15,40(16,17)18)27-28-32(44,41(19,20)21)42(22,23)24/h25-28H2,1-24H3. The molecule has 12 heteroatoms. The average Bonchev–Trinajstić information content (AvgIpc) is 3.17. The summed E-state index contributed by atoms with van der Waals surface area (Å²) in [6.45, 7) is 66.5. The average molecular weight is 778 g/mol. The Labute approximate surface area is 288 Å². The van der Waals surface area contributed by atoms with E-state index in [-0.39, 0.29) is 0 Å². The molecule has 260 valence electrons. The van der Waals surface area contributed by atoms with Gasteiger partial charge in [-0.15, -0.1) is 0 Å². The normalized spacial score (nSPS) is 26.7. The van der Waals surface area contributed by atoms with Crippen molar-refractivity contribution in [2.75, 3.05) is 0 Å². The van der Waals surface area contributed by atoms with Crippen LogP contribution in [-0.2, 0) is 8.23 Å². The zero-order valence-electron chi connectivity index (χ0n) is 34.6. The minimum Gasteiger partial charge on any atom is -0.415 e. The van der Waals surface area contributed by atoms with E-state index in [0.717, 1.165) is 0 Å². The van der Waals surface area contributed by atoms with Gasteiger partial charge in [0.15, 0.2) is 0 Å². The van der Waals surface area contributed by atoms with Crippen molar-refractivity contribution in [1.82, 2.24) is 0 Å². The van der Waals surface area contributed by atoms with Gasteiger partial charge in [0.25, 0.3) is 0 Å². The van der Waals surface area contributed by atoms with Gasteiger partial charge in [0.2, 0.25) is 0 Å². The maximum Gasteiger partial charge on any atom is 0.322 e. The van der Waals surface area contributed by atoms with Crippen LogP contribution in [0.15, 0.2) is 0 Å². The fourth-order valence-corrected chi connectivity index (χ4v) is 117. The summed E-state index contributed by atoms with van der Waals surface area (Å²) in [5.41, 5.74) is 0. The Morgan fingerprint density at radius 3 is 0.477 bits per heavy atom. The van der Waals surface area contributed by atoms with Crippen LogP contribution in [0, 0.1) is 0 Å². The van der Waals surface area contributed by atoms with Crippen LogP contribution in [0.2, 0.25) is 174 Å². The molecule has 2 nitrogen and oxygen atoms in total. The summed E-state index contributed by atoms with van der Waals surface area (Å²) in [6.07, 6.45) is 5.68. The van der Waals surface area contributed by atoms with Crippen molar-refractivity contribution in [2.45, 2.75) is 200 Å². The van der Waals surface area contributed by atoms with Crippen LogP contribution >= 0.6 is 0 Å². The van der Waals surface area contributed by atoms with Crippen LogP contribution in [0.5, 0.6) is 0 Å². The van der Waals surface area contributed by atoms with Crippen molar-refractivity contribution in [1.29, 1.82) is 0 Å². The van der Waals surface area contributed by atoms with Crippen molar-refractivity contribution < 1.29 is 8.23 Å². The first-order valence-corrected chi connectivity index (χ1v) is 49.9. The molecular weight excluding hydrogens is 697 g/mol. The van der Waals surface area contributed by atoms with Gasteiger partial charge in [0, 0.05) is 17.1 Å². The minimum absolute atomic E-state index is 0.365. The third-order valence-electron chi connectivity index (χ3n) is 14.8. The van der Waals surface area contributed by atoms with Gasteiger partial charge < -0.3 is 8.23 Å². The summed E-state index contributed by atoms with van der Waals surface area (Å²) < 4.78 is 19.9. The number of hydrogen-bond acceptors (Lipinski definition) is 2. The van der Waals surface area contributed by atoms with Crippen molar-refractivity contribution in [3.8, 4) is 0 Å². The van der Waals surface area contributed by atoms with Gasteiger partial charge >= 0.3 is 17.1 Å². The highest BCUT2D eigenvalue weighted by molar-refractivity contribution is 7.34. The molecule has 0 N–H and O–H groups in total. The van der Waals surface area contributed by atoms with Gasteiger partial charge in [0.05, 0.1) is 64.6 Å². The van der Waals surface area contributed by atoms with Crippen LogP contribution in [-0.4, -0.2) is 81.7 Å². The minimum atomic E-state index is -2.71. The maximum atomic E-state index is 9.25. The first-order chi connectivity index (χ1) is 18.8. The first kappa shape index (κ1) is 40.5. The molecule has 44 heavy (non-hydrogen) atoms. The molecule has 0 aromatic rings. The molecule has 0 amide bonds. The van der Waals surface area contributed by atoms with E-state index in [1.807, 2.05) is 0 Å². The van der Waals surface area contributed by atoms with Crippen LogP contribution in [0.3, 0.4) is 0 Å². The topological polar surface area (TPSA) is 18.5 Å². The Kier molecular flexibility index (Phi) is 9.52. The largest absolute Gasteiger partial charge is 0.415 e. The van der Waals surface area contributed by atoms with E-state index in [9.17, 15) is 8.23 Å². The SMILES string of the molecule is C[Si](C)(C)C1([Si](C)(C)C)CCC([Si](C)(C)C)([Si](C)(C)C)[Si]12O[Si]1(O2)C([Si](C)(C)C)([Si](C)(C)C)CCC1([Si](C)(C)C)[Si](C)(C)C. The van der Waals surface area contributed by atoms with Crippen LogP contribution in [0.4, 0.5) is 0 Å². The third-order valence-corrected chi connectivity index (χ3v) is 91.3. The van der Waals surface area contributed by atoms with Crippen molar-refractivity contribution >= 4 is 81.7 Å². The van der Waals surface area contributed by atoms with Gasteiger partial charge in [-0.1, -0.05) is 183 Å². The molecule has 0 unspecified atom stereocenters. The second-order valence-electron chi connectivity index (χ2n) is 24.1. The molecule has 0 bridgehead atoms. The van der Waals surface area contributed by atoms with Gasteiger partial charge in [-0.05, 0) is 0 Å². The Morgan fingerprint density at radius 1 is 0.273 bits per heavy atom. The van der Waals surface area contributed by atoms with Gasteiger partial charge in [-0.25, -0.2) is 0 Å². The Hall–Kier alpha value is 2.09. The summed E-state index contributed by atoms with van der Waals surface area (Å²) in [6, 6.07) is 0. The third kappa shape index (κ3) is 4.42. The van der Waals surface area contributed by atoms with E-state index in [4.69, 9.17) is 0 Å². The summed E-state index contributed by atoms with van der Waals surface area (Å²) in [4.78, 5) is 0. The summed E-state index contributed by atoms with van der Waals surface area (Å²) in [5.74, 6) is 0. The molecule has 3 saturated heterocycles. The summed E-state index contributed by atoms with van der Waals surface area (Å²) >= 11 is 0. The number of rotatable bonds is 8. The van der Waals surface area contributed by atoms with Crippen LogP contribution in [0.25, 0.3) is 0 Å². The highest BCUT2D eigenvalue weighted by atomic mass is 28.6. The van der Waals surface area contributed by atoms with Crippen LogP contribution in [0.1, 0.15) is 25.7 Å². The molecule has 3 aliphatic heterocycles. The molecule has 0 radical (unpaired) electrons. The molecule has 0 aromatic carbocycles. The molecule has 2 spiro atoms. The monoisotopic (exact) mass is 776 g/mol. The van der Waals surface area contributed by atoms with Crippen molar-refractivity contribution in [2.24, 2.45) is 0 Å². The zero-order chi connectivity index (χ0) is 35.2. The lowest BCUT2D eigenvalue weighted by Gasteiger charge is -2.79. The highest BCUT2D eigenvalue weighted by Crippen LogP contribution is 2.87. The Morgan fingerprint density at radius 2 is 0.386 bits per heavy atom. The lowest BCUT2D eigenvalue weighted by atomic mass is 10.4. The van der Waals surface area contributed by atoms with Crippen molar-refractivity contribution in [3.63, 3.8) is 0 Å². The smallest absolute Gasteiger partial charge is 0.322 e. The first-order valence-electron chi connectivity index (χ1n) is 18.2. The molecule has 3 heterocycles. The second kappa shape index (κ2) is 10.3. The van der Waals surface area contributed by atoms with Crippen LogP contribution < -0.4 is 0 Å². The molecular formula is C32H80O2Si10. The lowest BCUT2D eigenvalue weighted by molar-refractivity contribution is 0.184. The fourth-order valence-electron chi connectivity index (χ4n) is 14.7. The van der Waals surface area contributed by atoms with E-state index in [0.29, 0.717) is 17.1 Å². The molecule has 0 atom stereocenters. The molecule has 0 saturated carbocycles. The van der Waals surface area contributed by atoms with E-state index in [1.54, 1.807) is 0 Å².